The van der Waals surface area contributed by atoms with Crippen LogP contribution in [0.4, 0.5) is 28.4 Å². The van der Waals surface area contributed by atoms with Crippen LogP contribution in [0.3, 0.4) is 0 Å². The normalized spacial score (nSPS) is 14.9. The first-order chi connectivity index (χ1) is 25.0. The highest BCUT2D eigenvalue weighted by molar-refractivity contribution is 6.07. The van der Waals surface area contributed by atoms with Crippen molar-refractivity contribution < 1.29 is 19.1 Å². The number of nitrogens with one attached hydrogen (secondary N) is 3. The number of aryl methyl sites for hydroxylation is 2. The van der Waals surface area contributed by atoms with Crippen molar-refractivity contribution in [3.05, 3.63) is 143 Å². The molecule has 7 rings (SSSR count). The van der Waals surface area contributed by atoms with Gasteiger partial charge in [0.05, 0.1) is 39.8 Å². The lowest BCUT2D eigenvalue weighted by molar-refractivity contribution is -0.131. The fraction of sp³-hybridized carbons (Fsp3) is 0.122. The molecular weight excluding hydrogens is 654 g/mol. The molecule has 11 heteroatoms. The Morgan fingerprint density at radius 2 is 1.33 bits per heavy atom. The summed E-state index contributed by atoms with van der Waals surface area (Å²) in [5.41, 5.74) is 19.7. The highest BCUT2D eigenvalue weighted by Crippen LogP contribution is 2.35. The molecule has 0 aliphatic carbocycles. The second kappa shape index (κ2) is 13.4. The zero-order chi connectivity index (χ0) is 36.6. The van der Waals surface area contributed by atoms with Crippen LogP contribution in [0.2, 0.25) is 0 Å². The van der Waals surface area contributed by atoms with Crippen LogP contribution < -0.4 is 32.2 Å². The van der Waals surface area contributed by atoms with Crippen molar-refractivity contribution in [2.75, 3.05) is 27.4 Å². The highest BCUT2D eigenvalue weighted by Gasteiger charge is 2.40. The number of rotatable bonds is 8. The number of nitrogens with two attached hydrogens (primary N) is 2. The summed E-state index contributed by atoms with van der Waals surface area (Å²) in [5, 5.41) is 13.2. The van der Waals surface area contributed by atoms with Gasteiger partial charge in [0.15, 0.2) is 5.60 Å². The van der Waals surface area contributed by atoms with Gasteiger partial charge in [-0.1, -0.05) is 36.4 Å². The molecule has 5 aromatic carbocycles. The SMILES string of the molecule is Cc1cc(C)n(-c2ccc(C(=O)Nc3cc(-c4ccc(N)c(NC(=O)c5ccc(CC6(C)Oc7ccccc7NC6=O)cc5)c4)ccc3N)cc2)n1. The first-order valence-corrected chi connectivity index (χ1v) is 16.7. The Morgan fingerprint density at radius 3 is 1.88 bits per heavy atom. The standard InChI is InChI=1S/C41H37N7O4/c1-24-20-25(2)48(47-24)31-16-12-28(13-17-31)39(50)45-36-22-30(15-19-33(36)43)29-14-18-32(42)35(21-29)44-38(49)27-10-8-26(9-11-27)23-41(3)40(51)46-34-6-4-5-7-37(34)52-41/h4-22H,23,42-43H2,1-3H3,(H,44,49)(H,45,50)(H,46,51). The third kappa shape index (κ3) is 6.79. The van der Waals surface area contributed by atoms with Crippen molar-refractivity contribution in [2.24, 2.45) is 0 Å². The molecule has 2 heterocycles. The molecule has 0 saturated carbocycles. The number of para-hydroxylation sites is 2. The first-order valence-electron chi connectivity index (χ1n) is 16.7. The monoisotopic (exact) mass is 691 g/mol. The number of carbonyl (C=O) groups is 3. The van der Waals surface area contributed by atoms with Gasteiger partial charge in [-0.15, -0.1) is 0 Å². The Hall–Kier alpha value is -6.88. The van der Waals surface area contributed by atoms with E-state index in [9.17, 15) is 14.4 Å². The minimum absolute atomic E-state index is 0.235. The predicted octanol–water partition coefficient (Wildman–Crippen LogP) is 7.16. The zero-order valence-electron chi connectivity index (χ0n) is 28.9. The van der Waals surface area contributed by atoms with Crippen LogP contribution in [-0.2, 0) is 11.2 Å². The van der Waals surface area contributed by atoms with E-state index in [1.165, 1.54) is 0 Å². The van der Waals surface area contributed by atoms with E-state index in [0.29, 0.717) is 51.7 Å². The fourth-order valence-electron chi connectivity index (χ4n) is 6.20. The van der Waals surface area contributed by atoms with Crippen LogP contribution in [0.25, 0.3) is 16.8 Å². The number of benzene rings is 5. The summed E-state index contributed by atoms with van der Waals surface area (Å²) in [6.45, 7) is 5.66. The zero-order valence-corrected chi connectivity index (χ0v) is 28.9. The third-order valence-electron chi connectivity index (χ3n) is 9.03. The molecule has 1 aliphatic heterocycles. The average Bonchev–Trinajstić information content (AvgIpc) is 3.48. The van der Waals surface area contributed by atoms with E-state index in [1.54, 1.807) is 73.7 Å². The molecule has 7 N–H and O–H groups in total. The molecule has 1 aromatic heterocycles. The van der Waals surface area contributed by atoms with Gasteiger partial charge >= 0.3 is 0 Å². The van der Waals surface area contributed by atoms with Crippen molar-refractivity contribution in [2.45, 2.75) is 32.8 Å². The quantitative estimate of drug-likeness (QED) is 0.106. The predicted molar refractivity (Wildman–Crippen MR) is 204 cm³/mol. The number of hydrogen-bond donors (Lipinski definition) is 5. The van der Waals surface area contributed by atoms with Crippen LogP contribution >= 0.6 is 0 Å². The number of carbonyl (C=O) groups excluding carboxylic acids is 3. The van der Waals surface area contributed by atoms with E-state index in [0.717, 1.165) is 33.8 Å². The topological polar surface area (TPSA) is 166 Å². The summed E-state index contributed by atoms with van der Waals surface area (Å²) in [6, 6.07) is 34.1. The van der Waals surface area contributed by atoms with Gasteiger partial charge in [0.2, 0.25) is 0 Å². The molecule has 11 nitrogen and oxygen atoms in total. The van der Waals surface area contributed by atoms with Crippen molar-refractivity contribution >= 4 is 46.2 Å². The third-order valence-corrected chi connectivity index (χ3v) is 9.03. The Balaban J connectivity index is 1.03. The van der Waals surface area contributed by atoms with Crippen molar-refractivity contribution in [3.8, 4) is 22.6 Å². The van der Waals surface area contributed by atoms with Gasteiger partial charge in [-0.3, -0.25) is 14.4 Å². The molecule has 0 spiro atoms. The fourth-order valence-corrected chi connectivity index (χ4v) is 6.20. The summed E-state index contributed by atoms with van der Waals surface area (Å²) in [6.07, 6.45) is 0.311. The van der Waals surface area contributed by atoms with Gasteiger partial charge < -0.3 is 32.2 Å². The number of amides is 3. The lowest BCUT2D eigenvalue weighted by Gasteiger charge is -2.34. The number of nitrogens with zero attached hydrogens (tertiary/aromatic N) is 2. The Bertz CT molecular complexity index is 2350. The van der Waals surface area contributed by atoms with Crippen LogP contribution in [0.15, 0.2) is 115 Å². The number of fused-ring (bicyclic) bond motifs is 1. The number of nitrogen functional groups attached to an aromatic ring is 2. The summed E-state index contributed by atoms with van der Waals surface area (Å²) in [7, 11) is 0. The van der Waals surface area contributed by atoms with Gasteiger partial charge in [-0.25, -0.2) is 4.68 Å². The smallest absolute Gasteiger partial charge is 0.268 e. The Labute approximate surface area is 300 Å². The maximum absolute atomic E-state index is 13.3. The van der Waals surface area contributed by atoms with Crippen LogP contribution in [0, 0.1) is 13.8 Å². The van der Waals surface area contributed by atoms with Crippen LogP contribution in [-0.4, -0.2) is 33.1 Å². The molecule has 1 unspecified atom stereocenters. The van der Waals surface area contributed by atoms with E-state index < -0.39 is 5.60 Å². The second-order valence-electron chi connectivity index (χ2n) is 13.1. The summed E-state index contributed by atoms with van der Waals surface area (Å²) in [5.74, 6) is -0.288. The van der Waals surface area contributed by atoms with E-state index in [2.05, 4.69) is 21.0 Å². The van der Waals surface area contributed by atoms with Crippen LogP contribution in [0.5, 0.6) is 5.75 Å². The molecule has 0 bridgehead atoms. The van der Waals surface area contributed by atoms with Gasteiger partial charge in [0.25, 0.3) is 17.7 Å². The van der Waals surface area contributed by atoms with Gasteiger partial charge in [-0.2, -0.15) is 5.10 Å². The maximum atomic E-state index is 13.3. The van der Waals surface area contributed by atoms with Gasteiger partial charge in [0, 0.05) is 23.2 Å². The molecule has 1 atom stereocenters. The molecular formula is C41H37N7O4. The molecule has 3 amide bonds. The maximum Gasteiger partial charge on any atom is 0.268 e. The minimum Gasteiger partial charge on any atom is -0.475 e. The molecule has 1 aliphatic rings. The average molecular weight is 692 g/mol. The van der Waals surface area contributed by atoms with Crippen molar-refractivity contribution in [3.63, 3.8) is 0 Å². The molecule has 260 valence electrons. The lowest BCUT2D eigenvalue weighted by Crippen LogP contribution is -2.50. The van der Waals surface area contributed by atoms with Crippen molar-refractivity contribution in [1.82, 2.24) is 9.78 Å². The summed E-state index contributed by atoms with van der Waals surface area (Å²) < 4.78 is 7.92. The number of ether oxygens (including phenoxy) is 1. The highest BCUT2D eigenvalue weighted by atomic mass is 16.5. The number of aromatic nitrogens is 2. The number of anilines is 5. The molecule has 6 aromatic rings. The van der Waals surface area contributed by atoms with Gasteiger partial charge in [0.1, 0.15) is 5.75 Å². The first kappa shape index (κ1) is 33.6. The summed E-state index contributed by atoms with van der Waals surface area (Å²) in [4.78, 5) is 39.4. The lowest BCUT2D eigenvalue weighted by atomic mass is 9.93. The minimum atomic E-state index is -1.11. The van der Waals surface area contributed by atoms with Gasteiger partial charge in [-0.05, 0) is 116 Å². The number of hydrogen-bond acceptors (Lipinski definition) is 7. The largest absolute Gasteiger partial charge is 0.475 e. The van der Waals surface area contributed by atoms with E-state index in [4.69, 9.17) is 16.2 Å². The second-order valence-corrected chi connectivity index (χ2v) is 13.1. The molecule has 0 saturated heterocycles. The molecule has 0 fully saturated rings. The van der Waals surface area contributed by atoms with Crippen LogP contribution in [0.1, 0.15) is 44.6 Å². The Morgan fingerprint density at radius 1 is 0.769 bits per heavy atom. The van der Waals surface area contributed by atoms with E-state index in [1.807, 2.05) is 67.1 Å². The van der Waals surface area contributed by atoms with E-state index >= 15 is 0 Å². The van der Waals surface area contributed by atoms with Crippen molar-refractivity contribution in [1.29, 1.82) is 0 Å². The Kier molecular flexibility index (Phi) is 8.69. The summed E-state index contributed by atoms with van der Waals surface area (Å²) >= 11 is 0. The van der Waals surface area contributed by atoms with E-state index in [-0.39, 0.29) is 17.7 Å². The molecule has 52 heavy (non-hydrogen) atoms. The molecule has 0 radical (unpaired) electrons.